The van der Waals surface area contributed by atoms with Crippen molar-refractivity contribution in [1.82, 2.24) is 34.3 Å². The minimum absolute atomic E-state index is 0.131. The van der Waals surface area contributed by atoms with E-state index in [-0.39, 0.29) is 23.2 Å². The molecule has 0 radical (unpaired) electrons. The standard InChI is InChI=1S/C24H21FN8O2S/c1-15-17(13-27-33(15)23-28-21(34)19-7-4-8-32(19)29-23)22(35)30-9-11-31(12-10-30)24-26-14-20(36-24)16-5-2-3-6-18(16)25/h2-8,13-14H,9-12H2,1H3,(H,28,29,34). The van der Waals surface area contributed by atoms with Gasteiger partial charge in [0.25, 0.3) is 11.5 Å². The maximum atomic E-state index is 14.1. The number of H-pyrrole nitrogens is 1. The molecular weight excluding hydrogens is 483 g/mol. The number of fused-ring (bicyclic) bond motifs is 1. The quantitative estimate of drug-likeness (QED) is 0.404. The van der Waals surface area contributed by atoms with Gasteiger partial charge in [0, 0.05) is 44.1 Å². The van der Waals surface area contributed by atoms with Crippen LogP contribution in [0.3, 0.4) is 0 Å². The normalized spacial score (nSPS) is 14.1. The first-order chi connectivity index (χ1) is 17.5. The Morgan fingerprint density at radius 1 is 1.08 bits per heavy atom. The number of rotatable bonds is 4. The summed E-state index contributed by atoms with van der Waals surface area (Å²) in [6.45, 7) is 4.03. The summed E-state index contributed by atoms with van der Waals surface area (Å²) in [5.74, 6) is -0.167. The molecule has 1 aromatic carbocycles. The van der Waals surface area contributed by atoms with Crippen LogP contribution < -0.4 is 10.5 Å². The molecule has 1 amide bonds. The average Bonchev–Trinajstić information content (AvgIpc) is 3.64. The van der Waals surface area contributed by atoms with Crippen molar-refractivity contribution >= 4 is 27.9 Å². The van der Waals surface area contributed by atoms with Crippen LogP contribution in [-0.2, 0) is 0 Å². The van der Waals surface area contributed by atoms with E-state index in [0.29, 0.717) is 48.5 Å². The number of nitrogens with one attached hydrogen (secondary N) is 1. The predicted molar refractivity (Wildman–Crippen MR) is 133 cm³/mol. The van der Waals surface area contributed by atoms with Crippen LogP contribution in [-0.4, -0.2) is 66.3 Å². The van der Waals surface area contributed by atoms with Gasteiger partial charge >= 0.3 is 0 Å². The van der Waals surface area contributed by atoms with Gasteiger partial charge in [0.2, 0.25) is 5.95 Å². The molecular formula is C24H21FN8O2S. The van der Waals surface area contributed by atoms with Crippen LogP contribution in [0.1, 0.15) is 16.1 Å². The third kappa shape index (κ3) is 3.75. The van der Waals surface area contributed by atoms with Gasteiger partial charge in [-0.05, 0) is 25.1 Å². The Balaban J connectivity index is 1.16. The van der Waals surface area contributed by atoms with E-state index in [2.05, 4.69) is 25.1 Å². The Kier molecular flexibility index (Phi) is 5.37. The highest BCUT2D eigenvalue weighted by atomic mass is 32.1. The average molecular weight is 505 g/mol. The number of carbonyl (C=O) groups excluding carboxylic acids is 1. The number of aromatic amines is 1. The first kappa shape index (κ1) is 22.2. The number of benzene rings is 1. The number of carbonyl (C=O) groups is 1. The molecule has 6 rings (SSSR count). The van der Waals surface area contributed by atoms with Crippen LogP contribution in [0.15, 0.2) is 59.8 Å². The fourth-order valence-electron chi connectivity index (χ4n) is 4.33. The summed E-state index contributed by atoms with van der Waals surface area (Å²) in [6, 6.07) is 10.1. The molecule has 12 heteroatoms. The summed E-state index contributed by atoms with van der Waals surface area (Å²) >= 11 is 1.44. The van der Waals surface area contributed by atoms with Crippen LogP contribution in [0.5, 0.6) is 0 Å². The molecule has 5 aromatic rings. The third-order valence-electron chi connectivity index (χ3n) is 6.30. The van der Waals surface area contributed by atoms with Crippen molar-refractivity contribution in [2.24, 2.45) is 0 Å². The molecule has 36 heavy (non-hydrogen) atoms. The summed E-state index contributed by atoms with van der Waals surface area (Å²) in [7, 11) is 0. The molecule has 0 spiro atoms. The van der Waals surface area contributed by atoms with Gasteiger partial charge in [-0.25, -0.2) is 18.6 Å². The van der Waals surface area contributed by atoms with E-state index in [1.165, 1.54) is 32.8 Å². The highest BCUT2D eigenvalue weighted by molar-refractivity contribution is 7.18. The summed E-state index contributed by atoms with van der Waals surface area (Å²) in [6.07, 6.45) is 4.88. The smallest absolute Gasteiger partial charge is 0.276 e. The molecule has 0 bridgehead atoms. The molecule has 0 unspecified atom stereocenters. The predicted octanol–water partition coefficient (Wildman–Crippen LogP) is 2.74. The Hall–Kier alpha value is -4.32. The lowest BCUT2D eigenvalue weighted by molar-refractivity contribution is 0.0746. The number of piperazine rings is 1. The Labute approximate surface area is 208 Å². The van der Waals surface area contributed by atoms with Crippen molar-refractivity contribution in [3.05, 3.63) is 82.4 Å². The number of aromatic nitrogens is 6. The number of halogens is 1. The number of thiazole rings is 1. The molecule has 182 valence electrons. The second-order valence-electron chi connectivity index (χ2n) is 8.44. The van der Waals surface area contributed by atoms with Gasteiger partial charge < -0.3 is 9.80 Å². The van der Waals surface area contributed by atoms with Crippen LogP contribution in [0, 0.1) is 12.7 Å². The lowest BCUT2D eigenvalue weighted by Crippen LogP contribution is -2.48. The van der Waals surface area contributed by atoms with E-state index >= 15 is 0 Å². The topological polar surface area (TPSA) is 104 Å². The zero-order valence-corrected chi connectivity index (χ0v) is 20.1. The van der Waals surface area contributed by atoms with Gasteiger partial charge in [-0.2, -0.15) is 5.10 Å². The molecule has 1 saturated heterocycles. The van der Waals surface area contributed by atoms with Crippen molar-refractivity contribution in [3.63, 3.8) is 0 Å². The minimum atomic E-state index is -0.288. The Bertz CT molecular complexity index is 1640. The molecule has 0 atom stereocenters. The van der Waals surface area contributed by atoms with E-state index < -0.39 is 0 Å². The fraction of sp³-hybridized carbons (Fsp3) is 0.208. The maximum Gasteiger partial charge on any atom is 0.276 e. The van der Waals surface area contributed by atoms with Crippen molar-refractivity contribution < 1.29 is 9.18 Å². The van der Waals surface area contributed by atoms with Gasteiger partial charge in [0.15, 0.2) is 5.13 Å². The van der Waals surface area contributed by atoms with Crippen LogP contribution in [0.25, 0.3) is 21.9 Å². The molecule has 1 N–H and O–H groups in total. The van der Waals surface area contributed by atoms with Crippen molar-refractivity contribution in [3.8, 4) is 16.4 Å². The van der Waals surface area contributed by atoms with Crippen LogP contribution in [0.2, 0.25) is 0 Å². The highest BCUT2D eigenvalue weighted by Crippen LogP contribution is 2.33. The van der Waals surface area contributed by atoms with Crippen molar-refractivity contribution in [2.45, 2.75) is 6.92 Å². The van der Waals surface area contributed by atoms with E-state index in [9.17, 15) is 14.0 Å². The van der Waals surface area contributed by atoms with Gasteiger partial charge in [-0.3, -0.25) is 14.6 Å². The number of amides is 1. The summed E-state index contributed by atoms with van der Waals surface area (Å²) in [5, 5.41) is 9.50. The highest BCUT2D eigenvalue weighted by Gasteiger charge is 2.27. The lowest BCUT2D eigenvalue weighted by atomic mass is 10.2. The lowest BCUT2D eigenvalue weighted by Gasteiger charge is -2.34. The number of hydrogen-bond acceptors (Lipinski definition) is 7. The summed E-state index contributed by atoms with van der Waals surface area (Å²) in [4.78, 5) is 37.5. The second-order valence-corrected chi connectivity index (χ2v) is 9.45. The molecule has 10 nitrogen and oxygen atoms in total. The Morgan fingerprint density at radius 3 is 2.69 bits per heavy atom. The molecule has 5 heterocycles. The first-order valence-electron chi connectivity index (χ1n) is 11.4. The molecule has 4 aromatic heterocycles. The van der Waals surface area contributed by atoms with Gasteiger partial charge in [0.05, 0.1) is 22.3 Å². The van der Waals surface area contributed by atoms with Crippen molar-refractivity contribution in [1.29, 1.82) is 0 Å². The minimum Gasteiger partial charge on any atom is -0.345 e. The molecule has 0 aliphatic carbocycles. The zero-order chi connectivity index (χ0) is 24.8. The number of anilines is 1. The fourth-order valence-corrected chi connectivity index (χ4v) is 5.32. The van der Waals surface area contributed by atoms with Crippen LogP contribution in [0.4, 0.5) is 9.52 Å². The SMILES string of the molecule is Cc1c(C(=O)N2CCN(c3ncc(-c4ccccc4F)s3)CC2)cnn1-c1nn2cccc2c(=O)[nH]1. The van der Waals surface area contributed by atoms with E-state index in [0.717, 1.165) is 10.0 Å². The van der Waals surface area contributed by atoms with Gasteiger partial charge in [-0.15, -0.1) is 5.10 Å². The molecule has 0 saturated carbocycles. The van der Waals surface area contributed by atoms with Crippen LogP contribution >= 0.6 is 11.3 Å². The summed E-state index contributed by atoms with van der Waals surface area (Å²) in [5.41, 5.74) is 1.72. The summed E-state index contributed by atoms with van der Waals surface area (Å²) < 4.78 is 17.1. The number of nitrogens with zero attached hydrogens (tertiary/aromatic N) is 7. The van der Waals surface area contributed by atoms with E-state index in [1.807, 2.05) is 0 Å². The van der Waals surface area contributed by atoms with E-state index in [1.54, 1.807) is 54.5 Å². The van der Waals surface area contributed by atoms with Crippen molar-refractivity contribution in [2.75, 3.05) is 31.1 Å². The monoisotopic (exact) mass is 504 g/mol. The third-order valence-corrected chi connectivity index (χ3v) is 7.39. The zero-order valence-electron chi connectivity index (χ0n) is 19.3. The number of hydrogen-bond donors (Lipinski definition) is 1. The Morgan fingerprint density at radius 2 is 1.89 bits per heavy atom. The van der Waals surface area contributed by atoms with Gasteiger partial charge in [0.1, 0.15) is 11.3 Å². The van der Waals surface area contributed by atoms with E-state index in [4.69, 9.17) is 0 Å². The molecule has 1 aliphatic rings. The second kappa shape index (κ2) is 8.72. The largest absolute Gasteiger partial charge is 0.345 e. The molecule has 1 fully saturated rings. The van der Waals surface area contributed by atoms with Gasteiger partial charge in [-0.1, -0.05) is 29.5 Å². The molecule has 1 aliphatic heterocycles. The maximum absolute atomic E-state index is 14.1. The first-order valence-corrected chi connectivity index (χ1v) is 12.2.